The van der Waals surface area contributed by atoms with E-state index in [2.05, 4.69) is 27.9 Å². The molecule has 1 heterocycles. The van der Waals surface area contributed by atoms with E-state index >= 15 is 0 Å². The monoisotopic (exact) mass is 646 g/mol. The van der Waals surface area contributed by atoms with Crippen molar-refractivity contribution in [3.8, 4) is 11.5 Å². The number of rotatable bonds is 8. The predicted octanol–water partition coefficient (Wildman–Crippen LogP) is 4.94. The lowest BCUT2D eigenvalue weighted by molar-refractivity contribution is -0.122. The molecule has 0 aromatic heterocycles. The van der Waals surface area contributed by atoms with Gasteiger partial charge in [-0.25, -0.2) is 14.1 Å². The molecule has 4 rings (SSSR count). The molecular weight excluding hydrogens is 626 g/mol. The van der Waals surface area contributed by atoms with Gasteiger partial charge >= 0.3 is 5.97 Å². The lowest BCUT2D eigenvalue weighted by Crippen LogP contribution is -2.54. The highest BCUT2D eigenvalue weighted by Gasteiger charge is 2.35. The average Bonchev–Trinajstić information content (AvgIpc) is 2.87. The molecule has 0 spiro atoms. The Morgan fingerprint density at radius 2 is 1.84 bits per heavy atom. The Hall–Kier alpha value is -3.84. The van der Waals surface area contributed by atoms with Crippen molar-refractivity contribution < 1.29 is 33.4 Å². The molecule has 0 aliphatic carbocycles. The summed E-state index contributed by atoms with van der Waals surface area (Å²) >= 11 is 7.19. The molecule has 3 aromatic rings. The van der Waals surface area contributed by atoms with E-state index in [1.54, 1.807) is 37.3 Å². The zero-order chi connectivity index (χ0) is 27.4. The Kier molecular flexibility index (Phi) is 8.37. The van der Waals surface area contributed by atoms with Gasteiger partial charge in [-0.2, -0.15) is 0 Å². The van der Waals surface area contributed by atoms with Crippen LogP contribution in [0.2, 0.25) is 0 Å². The van der Waals surface area contributed by atoms with Gasteiger partial charge in [0.15, 0.2) is 16.6 Å². The van der Waals surface area contributed by atoms with Crippen LogP contribution < -0.4 is 19.7 Å². The molecule has 1 saturated heterocycles. The average molecular weight is 646 g/mol. The van der Waals surface area contributed by atoms with Gasteiger partial charge in [0.25, 0.3) is 11.8 Å². The molecule has 1 aliphatic rings. The van der Waals surface area contributed by atoms with Crippen molar-refractivity contribution in [1.29, 1.82) is 0 Å². The summed E-state index contributed by atoms with van der Waals surface area (Å²) in [6, 6.07) is 15.3. The first-order valence-electron chi connectivity index (χ1n) is 11.3. The van der Waals surface area contributed by atoms with Crippen LogP contribution in [-0.4, -0.2) is 34.6 Å². The first-order valence-corrected chi connectivity index (χ1v) is 12.8. The number of carboxylic acids is 1. The van der Waals surface area contributed by atoms with Gasteiger partial charge in [0, 0.05) is 0 Å². The zero-order valence-corrected chi connectivity index (χ0v) is 22.8. The molecule has 8 nitrogen and oxygen atoms in total. The number of amides is 2. The Morgan fingerprint density at radius 1 is 1.13 bits per heavy atom. The maximum atomic E-state index is 14.4. The zero-order valence-electron chi connectivity index (χ0n) is 19.9. The minimum absolute atomic E-state index is 0.0712. The van der Waals surface area contributed by atoms with Crippen molar-refractivity contribution in [2.24, 2.45) is 0 Å². The second kappa shape index (κ2) is 11.7. The molecule has 0 saturated carbocycles. The van der Waals surface area contributed by atoms with Gasteiger partial charge in [-0.05, 0) is 95.3 Å². The summed E-state index contributed by atoms with van der Waals surface area (Å²) in [6.07, 6.45) is 1.38. The first kappa shape index (κ1) is 27.2. The van der Waals surface area contributed by atoms with Gasteiger partial charge in [0.2, 0.25) is 0 Å². The minimum atomic E-state index is -1.01. The lowest BCUT2D eigenvalue weighted by Gasteiger charge is -2.29. The Labute approximate surface area is 236 Å². The number of anilines is 1. The van der Waals surface area contributed by atoms with Crippen molar-refractivity contribution in [1.82, 2.24) is 5.32 Å². The highest BCUT2D eigenvalue weighted by Crippen LogP contribution is 2.36. The van der Waals surface area contributed by atoms with Gasteiger partial charge in [0.1, 0.15) is 18.0 Å². The third kappa shape index (κ3) is 5.83. The number of ether oxygens (including phenoxy) is 2. The van der Waals surface area contributed by atoms with Crippen molar-refractivity contribution in [2.75, 3.05) is 11.5 Å². The maximum Gasteiger partial charge on any atom is 0.335 e. The number of hydrogen-bond donors (Lipinski definition) is 2. The summed E-state index contributed by atoms with van der Waals surface area (Å²) < 4.78 is 26.8. The Morgan fingerprint density at radius 3 is 2.50 bits per heavy atom. The van der Waals surface area contributed by atoms with E-state index in [9.17, 15) is 18.8 Å². The van der Waals surface area contributed by atoms with Crippen LogP contribution >= 0.6 is 34.8 Å². The fourth-order valence-corrected chi connectivity index (χ4v) is 4.70. The number of para-hydroxylation sites is 1. The van der Waals surface area contributed by atoms with Crippen LogP contribution in [0.15, 0.2) is 66.2 Å². The van der Waals surface area contributed by atoms with Gasteiger partial charge in [-0.3, -0.25) is 14.9 Å². The van der Waals surface area contributed by atoms with Crippen molar-refractivity contribution in [3.05, 3.63) is 92.3 Å². The quantitative estimate of drug-likeness (QED) is 0.155. The van der Waals surface area contributed by atoms with E-state index < -0.39 is 23.6 Å². The molecule has 3 aromatic carbocycles. The van der Waals surface area contributed by atoms with Gasteiger partial charge in [0.05, 0.1) is 21.4 Å². The number of benzene rings is 3. The van der Waals surface area contributed by atoms with Crippen molar-refractivity contribution in [2.45, 2.75) is 13.5 Å². The topological polar surface area (TPSA) is 105 Å². The second-order valence-electron chi connectivity index (χ2n) is 7.96. The summed E-state index contributed by atoms with van der Waals surface area (Å²) in [5.74, 6) is -2.30. The molecular formula is C27H20FIN2O6S. The molecule has 0 bridgehead atoms. The molecule has 1 fully saturated rings. The standard InChI is InChI=1S/C27H20FIN2O6S/c1-2-36-22-13-16(12-20(29)23(22)37-14-15-7-9-17(10-8-15)26(34)35)11-18-24(32)30-27(38)31(25(18)33)21-6-4-3-5-19(21)28/h3-13H,2,14H2,1H3,(H,34,35)(H,30,32,38)/b18-11+. The third-order valence-corrected chi connectivity index (χ3v) is 6.51. The SMILES string of the molecule is CCOc1cc(/C=C2\C(=O)NC(=S)N(c3ccccc3F)C2=O)cc(I)c1OCc1ccc(C(=O)O)cc1. The number of aromatic carboxylic acids is 1. The van der Waals surface area contributed by atoms with Crippen LogP contribution in [0.5, 0.6) is 11.5 Å². The Bertz CT molecular complexity index is 1470. The molecule has 194 valence electrons. The van der Waals surface area contributed by atoms with Crippen LogP contribution in [0.1, 0.15) is 28.4 Å². The van der Waals surface area contributed by atoms with E-state index in [4.69, 9.17) is 26.8 Å². The summed E-state index contributed by atoms with van der Waals surface area (Å²) in [7, 11) is 0. The number of carbonyl (C=O) groups excluding carboxylic acids is 2. The largest absolute Gasteiger partial charge is 0.490 e. The molecule has 38 heavy (non-hydrogen) atoms. The summed E-state index contributed by atoms with van der Waals surface area (Å²) in [4.78, 5) is 37.9. The molecule has 0 radical (unpaired) electrons. The van der Waals surface area contributed by atoms with Crippen molar-refractivity contribution in [3.63, 3.8) is 0 Å². The molecule has 2 N–H and O–H groups in total. The molecule has 0 unspecified atom stereocenters. The van der Waals surface area contributed by atoms with E-state index in [0.29, 0.717) is 27.2 Å². The first-order chi connectivity index (χ1) is 18.2. The number of nitrogens with one attached hydrogen (secondary N) is 1. The van der Waals surface area contributed by atoms with Crippen LogP contribution in [-0.2, 0) is 16.2 Å². The lowest BCUT2D eigenvalue weighted by atomic mass is 10.1. The number of halogens is 2. The fraction of sp³-hybridized carbons (Fsp3) is 0.111. The highest BCUT2D eigenvalue weighted by molar-refractivity contribution is 14.1. The van der Waals surface area contributed by atoms with Gasteiger partial charge < -0.3 is 14.6 Å². The van der Waals surface area contributed by atoms with E-state index in [-0.39, 0.29) is 28.5 Å². The highest BCUT2D eigenvalue weighted by atomic mass is 127. The molecule has 1 aliphatic heterocycles. The summed E-state index contributed by atoms with van der Waals surface area (Å²) in [5.41, 5.74) is 1.11. The smallest absolute Gasteiger partial charge is 0.335 e. The number of nitrogens with zero attached hydrogens (tertiary/aromatic N) is 1. The number of hydrogen-bond acceptors (Lipinski definition) is 6. The van der Waals surface area contributed by atoms with Crippen LogP contribution in [0.3, 0.4) is 0 Å². The maximum absolute atomic E-state index is 14.4. The van der Waals surface area contributed by atoms with E-state index in [0.717, 1.165) is 10.5 Å². The van der Waals surface area contributed by atoms with Gasteiger partial charge in [-0.1, -0.05) is 24.3 Å². The van der Waals surface area contributed by atoms with Crippen LogP contribution in [0.25, 0.3) is 6.08 Å². The minimum Gasteiger partial charge on any atom is -0.490 e. The van der Waals surface area contributed by atoms with E-state index in [1.165, 1.54) is 36.4 Å². The van der Waals surface area contributed by atoms with E-state index in [1.807, 2.05) is 0 Å². The predicted molar refractivity (Wildman–Crippen MR) is 151 cm³/mol. The van der Waals surface area contributed by atoms with Crippen LogP contribution in [0.4, 0.5) is 10.1 Å². The number of thiocarbonyl (C=S) groups is 1. The number of carboxylic acid groups (broad SMARTS) is 1. The normalized spacial score (nSPS) is 14.4. The summed E-state index contributed by atoms with van der Waals surface area (Å²) in [5, 5.41) is 11.3. The molecule has 11 heteroatoms. The second-order valence-corrected chi connectivity index (χ2v) is 9.51. The third-order valence-electron chi connectivity index (χ3n) is 5.42. The van der Waals surface area contributed by atoms with Crippen molar-refractivity contribution >= 4 is 69.5 Å². The van der Waals surface area contributed by atoms with Gasteiger partial charge in [-0.15, -0.1) is 0 Å². The number of carbonyl (C=O) groups is 3. The Balaban J connectivity index is 1.64. The molecule has 0 atom stereocenters. The van der Waals surface area contributed by atoms with Crippen LogP contribution in [0, 0.1) is 9.39 Å². The summed E-state index contributed by atoms with van der Waals surface area (Å²) in [6.45, 7) is 2.29. The molecule has 2 amide bonds. The fourth-order valence-electron chi connectivity index (χ4n) is 3.65.